The summed E-state index contributed by atoms with van der Waals surface area (Å²) in [6, 6.07) is 7.40. The van der Waals surface area contributed by atoms with Crippen LogP contribution < -0.4 is 10.6 Å². The fourth-order valence-corrected chi connectivity index (χ4v) is 2.74. The highest BCUT2D eigenvalue weighted by atomic mass is 32.1. The van der Waals surface area contributed by atoms with Crippen LogP contribution in [0.1, 0.15) is 12.8 Å². The molecule has 2 aromatic rings. The molecule has 2 rings (SSSR count). The Morgan fingerprint density at radius 1 is 1.45 bits per heavy atom. The second-order valence-electron chi connectivity index (χ2n) is 4.34. The smallest absolute Gasteiger partial charge is 0.307 e. The molecule has 0 spiro atoms. The van der Waals surface area contributed by atoms with Crippen LogP contribution in [0.25, 0.3) is 11.3 Å². The maximum atomic E-state index is 11.9. The van der Waals surface area contributed by atoms with Crippen LogP contribution in [0, 0.1) is 0 Å². The first-order valence-electron chi connectivity index (χ1n) is 6.23. The van der Waals surface area contributed by atoms with Crippen molar-refractivity contribution in [3.63, 3.8) is 0 Å². The number of ether oxygens (including phenoxy) is 1. The molecule has 0 aliphatic heterocycles. The number of nitrogens with zero attached hydrogens (tertiary/aromatic N) is 1. The van der Waals surface area contributed by atoms with Crippen molar-refractivity contribution < 1.29 is 9.53 Å². The van der Waals surface area contributed by atoms with Crippen molar-refractivity contribution in [2.45, 2.75) is 19.4 Å². The third kappa shape index (κ3) is 3.27. The maximum Gasteiger partial charge on any atom is 0.307 e. The van der Waals surface area contributed by atoms with E-state index < -0.39 is 0 Å². The molecular formula is C14H16N2O3S. The van der Waals surface area contributed by atoms with Crippen LogP contribution in [0.15, 0.2) is 34.4 Å². The van der Waals surface area contributed by atoms with Crippen molar-refractivity contribution in [2.75, 3.05) is 12.8 Å². The van der Waals surface area contributed by atoms with Gasteiger partial charge < -0.3 is 10.5 Å². The minimum Gasteiger partial charge on any atom is -0.469 e. The molecule has 0 bridgehead atoms. The monoisotopic (exact) mass is 292 g/mol. The summed E-state index contributed by atoms with van der Waals surface area (Å²) >= 11 is 1.15. The van der Waals surface area contributed by atoms with Crippen LogP contribution in [0.5, 0.6) is 0 Å². The summed E-state index contributed by atoms with van der Waals surface area (Å²) in [6.45, 7) is 0.488. The Bertz CT molecular complexity index is 660. The zero-order valence-electron chi connectivity index (χ0n) is 11.2. The standard InChI is InChI=1S/C14H16N2O3S/c1-19-13(17)6-3-7-16-12(9-20-14(16)18)10-4-2-5-11(15)8-10/h2,4-5,8-9H,3,6-7,15H2,1H3. The Morgan fingerprint density at radius 2 is 2.25 bits per heavy atom. The average Bonchev–Trinajstić information content (AvgIpc) is 2.80. The molecule has 0 unspecified atom stereocenters. The molecule has 1 aromatic heterocycles. The van der Waals surface area contributed by atoms with Gasteiger partial charge in [-0.25, -0.2) is 0 Å². The van der Waals surface area contributed by atoms with Crippen LogP contribution in [-0.2, 0) is 16.1 Å². The average molecular weight is 292 g/mol. The lowest BCUT2D eigenvalue weighted by Crippen LogP contribution is -2.15. The van der Waals surface area contributed by atoms with Crippen LogP contribution in [0.2, 0.25) is 0 Å². The maximum absolute atomic E-state index is 11.9. The molecule has 1 aromatic carbocycles. The van der Waals surface area contributed by atoms with Gasteiger partial charge in [0.15, 0.2) is 0 Å². The number of nitrogens with two attached hydrogens (primary N) is 1. The number of esters is 1. The lowest BCUT2D eigenvalue weighted by atomic mass is 10.1. The van der Waals surface area contributed by atoms with E-state index in [0.717, 1.165) is 22.6 Å². The number of anilines is 1. The summed E-state index contributed by atoms with van der Waals surface area (Å²) in [5.74, 6) is -0.265. The van der Waals surface area contributed by atoms with E-state index in [1.54, 1.807) is 10.6 Å². The van der Waals surface area contributed by atoms with Crippen molar-refractivity contribution in [2.24, 2.45) is 0 Å². The number of nitrogen functional groups attached to an aromatic ring is 1. The second kappa shape index (κ2) is 6.38. The number of benzene rings is 1. The first-order valence-corrected chi connectivity index (χ1v) is 7.11. The summed E-state index contributed by atoms with van der Waals surface area (Å²) in [7, 11) is 1.36. The number of hydrogen-bond donors (Lipinski definition) is 1. The van der Waals surface area contributed by atoms with Crippen LogP contribution in [0.3, 0.4) is 0 Å². The van der Waals surface area contributed by atoms with Gasteiger partial charge in [-0.15, -0.1) is 0 Å². The summed E-state index contributed by atoms with van der Waals surface area (Å²) in [6.07, 6.45) is 0.869. The molecule has 0 atom stereocenters. The zero-order chi connectivity index (χ0) is 14.5. The number of methoxy groups -OCH3 is 1. The van der Waals surface area contributed by atoms with Gasteiger partial charge in [0.25, 0.3) is 0 Å². The lowest BCUT2D eigenvalue weighted by molar-refractivity contribution is -0.140. The predicted octanol–water partition coefficient (Wildman–Crippen LogP) is 2.11. The van der Waals surface area contributed by atoms with Gasteiger partial charge >= 0.3 is 10.8 Å². The van der Waals surface area contributed by atoms with Crippen LogP contribution >= 0.6 is 11.3 Å². The number of thiazole rings is 1. The van der Waals surface area contributed by atoms with Crippen molar-refractivity contribution in [3.05, 3.63) is 39.3 Å². The highest BCUT2D eigenvalue weighted by molar-refractivity contribution is 7.07. The van der Waals surface area contributed by atoms with E-state index in [9.17, 15) is 9.59 Å². The molecular weight excluding hydrogens is 276 g/mol. The number of aromatic nitrogens is 1. The Balaban J connectivity index is 2.19. The Morgan fingerprint density at radius 3 is 2.95 bits per heavy atom. The van der Waals surface area contributed by atoms with E-state index in [1.807, 2.05) is 23.6 Å². The van der Waals surface area contributed by atoms with E-state index in [-0.39, 0.29) is 10.8 Å². The molecule has 6 heteroatoms. The van der Waals surface area contributed by atoms with Crippen molar-refractivity contribution in [1.82, 2.24) is 4.57 Å². The SMILES string of the molecule is COC(=O)CCCn1c(-c2cccc(N)c2)csc1=O. The normalized spacial score (nSPS) is 10.4. The van der Waals surface area contributed by atoms with E-state index in [1.165, 1.54) is 7.11 Å². The first kappa shape index (κ1) is 14.3. The number of rotatable bonds is 5. The topological polar surface area (TPSA) is 74.3 Å². The minimum absolute atomic E-state index is 0.0349. The fourth-order valence-electron chi connectivity index (χ4n) is 1.95. The summed E-state index contributed by atoms with van der Waals surface area (Å²) in [4.78, 5) is 22.9. The largest absolute Gasteiger partial charge is 0.469 e. The Labute approximate surface area is 120 Å². The molecule has 0 fully saturated rings. The Kier molecular flexibility index (Phi) is 4.57. The molecule has 0 radical (unpaired) electrons. The van der Waals surface area contributed by atoms with Gasteiger partial charge in [0, 0.05) is 29.6 Å². The third-order valence-corrected chi connectivity index (χ3v) is 3.72. The number of carbonyl (C=O) groups excluding carboxylic acids is 1. The van der Waals surface area contributed by atoms with E-state index in [2.05, 4.69) is 4.74 Å². The molecule has 1 heterocycles. The highest BCUT2D eigenvalue weighted by Crippen LogP contribution is 2.22. The van der Waals surface area contributed by atoms with Gasteiger partial charge in [0.1, 0.15) is 0 Å². The predicted molar refractivity (Wildman–Crippen MR) is 79.7 cm³/mol. The van der Waals surface area contributed by atoms with Crippen molar-refractivity contribution in [1.29, 1.82) is 0 Å². The zero-order valence-corrected chi connectivity index (χ0v) is 12.0. The number of carbonyl (C=O) groups is 1. The van der Waals surface area contributed by atoms with Crippen molar-refractivity contribution >= 4 is 23.0 Å². The third-order valence-electron chi connectivity index (χ3n) is 2.96. The lowest BCUT2D eigenvalue weighted by Gasteiger charge is -2.08. The first-order chi connectivity index (χ1) is 9.61. The minimum atomic E-state index is -0.265. The van der Waals surface area contributed by atoms with Gasteiger partial charge in [0.05, 0.1) is 12.8 Å². The molecule has 20 heavy (non-hydrogen) atoms. The second-order valence-corrected chi connectivity index (χ2v) is 5.16. The molecule has 0 saturated carbocycles. The fraction of sp³-hybridized carbons (Fsp3) is 0.286. The van der Waals surface area contributed by atoms with Gasteiger partial charge in [-0.3, -0.25) is 14.2 Å². The van der Waals surface area contributed by atoms with Gasteiger partial charge in [0.2, 0.25) is 0 Å². The molecule has 0 amide bonds. The summed E-state index contributed by atoms with van der Waals surface area (Å²) < 4.78 is 6.26. The molecule has 5 nitrogen and oxygen atoms in total. The van der Waals surface area contributed by atoms with E-state index in [4.69, 9.17) is 5.73 Å². The van der Waals surface area contributed by atoms with Gasteiger partial charge in [-0.2, -0.15) is 0 Å². The van der Waals surface area contributed by atoms with Crippen LogP contribution in [-0.4, -0.2) is 17.6 Å². The highest BCUT2D eigenvalue weighted by Gasteiger charge is 2.10. The number of hydrogen-bond acceptors (Lipinski definition) is 5. The van der Waals surface area contributed by atoms with E-state index >= 15 is 0 Å². The quantitative estimate of drug-likeness (QED) is 0.676. The molecule has 2 N–H and O–H groups in total. The molecule has 0 aliphatic rings. The van der Waals surface area contributed by atoms with Gasteiger partial charge in [-0.05, 0) is 18.6 Å². The van der Waals surface area contributed by atoms with Crippen LogP contribution in [0.4, 0.5) is 5.69 Å². The van der Waals surface area contributed by atoms with Gasteiger partial charge in [-0.1, -0.05) is 23.5 Å². The van der Waals surface area contributed by atoms with Crippen molar-refractivity contribution in [3.8, 4) is 11.3 Å². The summed E-state index contributed by atoms with van der Waals surface area (Å²) in [5.41, 5.74) is 8.16. The molecule has 0 saturated heterocycles. The van der Waals surface area contributed by atoms with E-state index in [0.29, 0.717) is 25.1 Å². The molecule has 0 aliphatic carbocycles. The Hall–Kier alpha value is -2.08. The summed E-state index contributed by atoms with van der Waals surface area (Å²) in [5, 5.41) is 1.81. The molecule has 106 valence electrons.